The minimum absolute atomic E-state index is 0.0566. The van der Waals surface area contributed by atoms with E-state index in [0.717, 1.165) is 24.3 Å². The third-order valence-corrected chi connectivity index (χ3v) is 3.29. The van der Waals surface area contributed by atoms with Crippen LogP contribution in [0.4, 0.5) is 17.6 Å². The van der Waals surface area contributed by atoms with Gasteiger partial charge in [-0.2, -0.15) is 13.2 Å². The zero-order valence-electron chi connectivity index (χ0n) is 12.9. The number of alkyl halides is 3. The molecule has 24 heavy (non-hydrogen) atoms. The van der Waals surface area contributed by atoms with Crippen molar-refractivity contribution in [3.05, 3.63) is 41.5 Å². The summed E-state index contributed by atoms with van der Waals surface area (Å²) in [6, 6.07) is 4.08. The number of hydrogen-bond acceptors (Lipinski definition) is 4. The maximum atomic E-state index is 13.4. The number of carbonyl (C=O) groups excluding carboxylic acids is 1. The molecule has 0 bridgehead atoms. The highest BCUT2D eigenvalue weighted by molar-refractivity contribution is 5.93. The van der Waals surface area contributed by atoms with E-state index >= 15 is 0 Å². The Kier molecular flexibility index (Phi) is 5.17. The van der Waals surface area contributed by atoms with E-state index in [1.807, 2.05) is 0 Å². The fraction of sp³-hybridized carbons (Fsp3) is 0.357. The normalized spacial score (nSPS) is 12.9. The zero-order valence-corrected chi connectivity index (χ0v) is 12.9. The van der Waals surface area contributed by atoms with Gasteiger partial charge >= 0.3 is 6.18 Å². The molecule has 0 fully saturated rings. The van der Waals surface area contributed by atoms with Crippen LogP contribution >= 0.6 is 0 Å². The highest BCUT2D eigenvalue weighted by Gasteiger charge is 2.42. The zero-order chi connectivity index (χ0) is 17.9. The summed E-state index contributed by atoms with van der Waals surface area (Å²) in [7, 11) is 1.66. The van der Waals surface area contributed by atoms with Gasteiger partial charge in [0, 0.05) is 12.6 Å². The number of benzene rings is 1. The van der Waals surface area contributed by atoms with Crippen molar-refractivity contribution in [3.63, 3.8) is 0 Å². The first kappa shape index (κ1) is 17.9. The van der Waals surface area contributed by atoms with Crippen molar-refractivity contribution in [2.75, 3.05) is 13.6 Å². The molecule has 1 aromatic heterocycles. The van der Waals surface area contributed by atoms with Crippen LogP contribution in [0.3, 0.4) is 0 Å². The Hall–Kier alpha value is -2.49. The summed E-state index contributed by atoms with van der Waals surface area (Å²) in [5.41, 5.74) is -2.21. The molecule has 6 nitrogen and oxygen atoms in total. The van der Waals surface area contributed by atoms with Gasteiger partial charge in [0.25, 0.3) is 5.91 Å². The van der Waals surface area contributed by atoms with E-state index in [1.165, 1.54) is 0 Å². The van der Waals surface area contributed by atoms with Crippen LogP contribution < -0.4 is 10.6 Å². The first-order valence-electron chi connectivity index (χ1n) is 6.98. The van der Waals surface area contributed by atoms with E-state index in [9.17, 15) is 22.4 Å². The van der Waals surface area contributed by atoms with Gasteiger partial charge in [-0.25, -0.2) is 9.07 Å². The van der Waals surface area contributed by atoms with Gasteiger partial charge in [-0.15, -0.1) is 5.10 Å². The third-order valence-electron chi connectivity index (χ3n) is 3.29. The Balaban J connectivity index is 2.39. The molecular formula is C14H15F4N5O. The van der Waals surface area contributed by atoms with E-state index < -0.39 is 29.3 Å². The summed E-state index contributed by atoms with van der Waals surface area (Å²) in [6.07, 6.45) is -4.86. The molecule has 1 amide bonds. The van der Waals surface area contributed by atoms with Crippen LogP contribution in [0.5, 0.6) is 0 Å². The number of amides is 1. The van der Waals surface area contributed by atoms with Crippen molar-refractivity contribution in [3.8, 4) is 5.69 Å². The van der Waals surface area contributed by atoms with Crippen molar-refractivity contribution in [2.24, 2.45) is 0 Å². The SMILES string of the molecule is CNC(C)CNC(=O)c1nnn(-c2ccc(F)cc2)c1C(F)(F)F. The Morgan fingerprint density at radius 1 is 1.29 bits per heavy atom. The molecule has 0 aliphatic carbocycles. The lowest BCUT2D eigenvalue weighted by Gasteiger charge is -2.13. The molecule has 0 aliphatic rings. The number of rotatable bonds is 5. The fourth-order valence-corrected chi connectivity index (χ4v) is 1.88. The van der Waals surface area contributed by atoms with Crippen LogP contribution in [0.25, 0.3) is 5.69 Å². The molecule has 10 heteroatoms. The first-order valence-corrected chi connectivity index (χ1v) is 6.98. The molecular weight excluding hydrogens is 330 g/mol. The van der Waals surface area contributed by atoms with Crippen LogP contribution in [-0.2, 0) is 6.18 Å². The Bertz CT molecular complexity index is 711. The number of hydrogen-bond donors (Lipinski definition) is 2. The second-order valence-corrected chi connectivity index (χ2v) is 5.07. The van der Waals surface area contributed by atoms with Crippen LogP contribution in [-0.4, -0.2) is 40.5 Å². The maximum Gasteiger partial charge on any atom is 0.435 e. The second-order valence-electron chi connectivity index (χ2n) is 5.07. The number of halogens is 4. The van der Waals surface area contributed by atoms with E-state index in [4.69, 9.17) is 0 Å². The van der Waals surface area contributed by atoms with Crippen LogP contribution in [0.2, 0.25) is 0 Å². The number of nitrogens with zero attached hydrogens (tertiary/aromatic N) is 3. The van der Waals surface area contributed by atoms with E-state index in [-0.39, 0.29) is 18.3 Å². The predicted octanol–water partition coefficient (Wildman–Crippen LogP) is 1.76. The topological polar surface area (TPSA) is 71.8 Å². The smallest absolute Gasteiger partial charge is 0.349 e. The number of aromatic nitrogens is 3. The molecule has 1 aromatic carbocycles. The molecule has 0 aliphatic heterocycles. The largest absolute Gasteiger partial charge is 0.435 e. The summed E-state index contributed by atoms with van der Waals surface area (Å²) in [5, 5.41) is 11.9. The van der Waals surface area contributed by atoms with Crippen molar-refractivity contribution < 1.29 is 22.4 Å². The molecule has 2 N–H and O–H groups in total. The summed E-state index contributed by atoms with van der Waals surface area (Å²) in [4.78, 5) is 12.0. The summed E-state index contributed by atoms with van der Waals surface area (Å²) < 4.78 is 53.5. The number of carbonyl (C=O) groups is 1. The molecule has 0 saturated carbocycles. The van der Waals surface area contributed by atoms with Gasteiger partial charge < -0.3 is 10.6 Å². The Morgan fingerprint density at radius 3 is 2.46 bits per heavy atom. The van der Waals surface area contributed by atoms with Gasteiger partial charge in [-0.3, -0.25) is 4.79 Å². The molecule has 1 heterocycles. The molecule has 2 aromatic rings. The van der Waals surface area contributed by atoms with Gasteiger partial charge in [-0.05, 0) is 38.2 Å². The summed E-state index contributed by atoms with van der Waals surface area (Å²) >= 11 is 0. The van der Waals surface area contributed by atoms with Gasteiger partial charge in [0.15, 0.2) is 11.4 Å². The predicted molar refractivity (Wildman–Crippen MR) is 77.2 cm³/mol. The first-order chi connectivity index (χ1) is 11.2. The van der Waals surface area contributed by atoms with Crippen LogP contribution in [0.1, 0.15) is 23.1 Å². The van der Waals surface area contributed by atoms with Gasteiger partial charge in [-0.1, -0.05) is 5.21 Å². The van der Waals surface area contributed by atoms with Gasteiger partial charge in [0.2, 0.25) is 0 Å². The average molecular weight is 345 g/mol. The maximum absolute atomic E-state index is 13.4. The average Bonchev–Trinajstić information content (AvgIpc) is 2.98. The highest BCUT2D eigenvalue weighted by Crippen LogP contribution is 2.32. The van der Waals surface area contributed by atoms with Crippen molar-refractivity contribution in [2.45, 2.75) is 19.1 Å². The second kappa shape index (κ2) is 6.95. The monoisotopic (exact) mass is 345 g/mol. The molecule has 0 saturated heterocycles. The quantitative estimate of drug-likeness (QED) is 0.810. The Morgan fingerprint density at radius 2 is 1.92 bits per heavy atom. The van der Waals surface area contributed by atoms with E-state index in [2.05, 4.69) is 20.9 Å². The molecule has 2 rings (SSSR count). The van der Waals surface area contributed by atoms with Crippen molar-refractivity contribution in [1.29, 1.82) is 0 Å². The van der Waals surface area contributed by atoms with Crippen molar-refractivity contribution in [1.82, 2.24) is 25.6 Å². The molecule has 1 unspecified atom stereocenters. The lowest BCUT2D eigenvalue weighted by Crippen LogP contribution is -2.38. The summed E-state index contributed by atoms with van der Waals surface area (Å²) in [6.45, 7) is 1.87. The van der Waals surface area contributed by atoms with E-state index in [0.29, 0.717) is 4.68 Å². The standard InChI is InChI=1S/C14H15F4N5O/c1-8(19-2)7-20-13(24)11-12(14(16,17)18)23(22-21-11)10-5-3-9(15)4-6-10/h3-6,8,19H,7H2,1-2H3,(H,20,24). The fourth-order valence-electron chi connectivity index (χ4n) is 1.88. The van der Waals surface area contributed by atoms with Crippen molar-refractivity contribution >= 4 is 5.91 Å². The molecule has 0 spiro atoms. The van der Waals surface area contributed by atoms with E-state index in [1.54, 1.807) is 14.0 Å². The Labute approximate surface area is 134 Å². The lowest BCUT2D eigenvalue weighted by molar-refractivity contribution is -0.143. The van der Waals surface area contributed by atoms with Gasteiger partial charge in [0.1, 0.15) is 5.82 Å². The minimum Gasteiger partial charge on any atom is -0.349 e. The lowest BCUT2D eigenvalue weighted by atomic mass is 10.2. The molecule has 130 valence electrons. The number of nitrogens with one attached hydrogen (secondary N) is 2. The molecule has 1 atom stereocenters. The van der Waals surface area contributed by atoms with Crippen LogP contribution in [0, 0.1) is 5.82 Å². The van der Waals surface area contributed by atoms with Crippen LogP contribution in [0.15, 0.2) is 24.3 Å². The highest BCUT2D eigenvalue weighted by atomic mass is 19.4. The van der Waals surface area contributed by atoms with Gasteiger partial charge in [0.05, 0.1) is 5.69 Å². The minimum atomic E-state index is -4.86. The number of likely N-dealkylation sites (N-methyl/N-ethyl adjacent to an activating group) is 1. The third kappa shape index (κ3) is 3.88. The summed E-state index contributed by atoms with van der Waals surface area (Å²) in [5.74, 6) is -1.59. The molecule has 0 radical (unpaired) electrons.